The Balaban J connectivity index is 1.95. The predicted octanol–water partition coefficient (Wildman–Crippen LogP) is 0.239. The quantitative estimate of drug-likeness (QED) is 0.733. The topological polar surface area (TPSA) is 56.6 Å². The first-order valence-electron chi connectivity index (χ1n) is 6.37. The molecule has 17 heavy (non-hydrogen) atoms. The van der Waals surface area contributed by atoms with Crippen molar-refractivity contribution in [2.24, 2.45) is 0 Å². The number of rotatable bonds is 3. The highest BCUT2D eigenvalue weighted by atomic mass is 16.4. The molecule has 1 aliphatic heterocycles. The van der Waals surface area contributed by atoms with Crippen molar-refractivity contribution >= 4 is 18.4 Å². The summed E-state index contributed by atoms with van der Waals surface area (Å²) < 4.78 is 0. The molecule has 1 aromatic rings. The molecule has 4 nitrogen and oxygen atoms in total. The van der Waals surface area contributed by atoms with Crippen molar-refractivity contribution in [2.75, 3.05) is 18.0 Å². The van der Waals surface area contributed by atoms with Gasteiger partial charge in [-0.3, -0.25) is 0 Å². The van der Waals surface area contributed by atoms with Gasteiger partial charge in [0.15, 0.2) is 0 Å². The van der Waals surface area contributed by atoms with E-state index >= 15 is 0 Å². The minimum atomic E-state index is -1.39. The molecule has 1 aliphatic carbocycles. The summed E-state index contributed by atoms with van der Waals surface area (Å²) in [6.45, 7) is 2.06. The molecule has 0 radical (unpaired) electrons. The van der Waals surface area contributed by atoms with Crippen molar-refractivity contribution in [2.45, 2.75) is 31.6 Å². The van der Waals surface area contributed by atoms with Gasteiger partial charge < -0.3 is 14.9 Å². The van der Waals surface area contributed by atoms with Gasteiger partial charge in [0, 0.05) is 24.7 Å². The fraction of sp³-hybridized carbons (Fsp3) is 0.583. The number of aromatic nitrogens is 1. The van der Waals surface area contributed by atoms with E-state index in [2.05, 4.69) is 9.88 Å². The maximum atomic E-state index is 9.33. The number of anilines is 1. The second-order valence-corrected chi connectivity index (χ2v) is 5.03. The molecule has 2 aliphatic rings. The maximum Gasteiger partial charge on any atom is 0.488 e. The van der Waals surface area contributed by atoms with E-state index in [9.17, 15) is 10.0 Å². The Hall–Kier alpha value is -1.07. The van der Waals surface area contributed by atoms with E-state index < -0.39 is 7.12 Å². The second-order valence-electron chi connectivity index (χ2n) is 5.03. The third kappa shape index (κ3) is 2.30. The van der Waals surface area contributed by atoms with E-state index in [1.165, 1.54) is 25.7 Å². The molecule has 2 N–H and O–H groups in total. The van der Waals surface area contributed by atoms with Crippen molar-refractivity contribution < 1.29 is 10.0 Å². The van der Waals surface area contributed by atoms with Gasteiger partial charge in [0.2, 0.25) is 0 Å². The van der Waals surface area contributed by atoms with Gasteiger partial charge in [-0.15, -0.1) is 0 Å². The van der Waals surface area contributed by atoms with Crippen LogP contribution in [-0.2, 0) is 0 Å². The standard InChI is InChI=1S/C12H17BN2O2/c16-13(17)10-7-11(9-3-4-9)14-12(8-10)15-5-1-2-6-15/h7-9,16-17H,1-6H2. The summed E-state index contributed by atoms with van der Waals surface area (Å²) in [5.74, 6) is 1.45. The zero-order valence-electron chi connectivity index (χ0n) is 9.84. The lowest BCUT2D eigenvalue weighted by atomic mass is 9.80. The SMILES string of the molecule is OB(O)c1cc(C2CC2)nc(N2CCCC2)c1. The Morgan fingerprint density at radius 3 is 2.47 bits per heavy atom. The number of hydrogen-bond donors (Lipinski definition) is 2. The lowest BCUT2D eigenvalue weighted by Crippen LogP contribution is -2.32. The van der Waals surface area contributed by atoms with Crippen molar-refractivity contribution in [1.82, 2.24) is 4.98 Å². The van der Waals surface area contributed by atoms with Crippen LogP contribution < -0.4 is 10.4 Å². The predicted molar refractivity (Wildman–Crippen MR) is 67.5 cm³/mol. The Morgan fingerprint density at radius 2 is 1.88 bits per heavy atom. The fourth-order valence-electron chi connectivity index (χ4n) is 2.40. The highest BCUT2D eigenvalue weighted by Crippen LogP contribution is 2.39. The molecular weight excluding hydrogens is 215 g/mol. The normalized spacial score (nSPS) is 19.8. The maximum absolute atomic E-state index is 9.33. The van der Waals surface area contributed by atoms with E-state index in [0.29, 0.717) is 11.4 Å². The molecular formula is C12H17BN2O2. The summed E-state index contributed by atoms with van der Waals surface area (Å²) >= 11 is 0. The highest BCUT2D eigenvalue weighted by Gasteiger charge is 2.28. The average Bonchev–Trinajstić information content (AvgIpc) is 3.04. The van der Waals surface area contributed by atoms with Gasteiger partial charge in [-0.1, -0.05) is 0 Å². The van der Waals surface area contributed by atoms with Gasteiger partial charge in [0.1, 0.15) is 5.82 Å². The molecule has 0 bridgehead atoms. The van der Waals surface area contributed by atoms with Crippen LogP contribution in [0.5, 0.6) is 0 Å². The third-order valence-electron chi connectivity index (χ3n) is 3.58. The van der Waals surface area contributed by atoms with E-state index in [1.54, 1.807) is 0 Å². The fourth-order valence-corrected chi connectivity index (χ4v) is 2.40. The van der Waals surface area contributed by atoms with Crippen molar-refractivity contribution in [3.8, 4) is 0 Å². The van der Waals surface area contributed by atoms with E-state index in [0.717, 1.165) is 24.6 Å². The molecule has 2 fully saturated rings. The Kier molecular flexibility index (Phi) is 2.80. The zero-order chi connectivity index (χ0) is 11.8. The van der Waals surface area contributed by atoms with Crippen LogP contribution in [0.4, 0.5) is 5.82 Å². The number of hydrogen-bond acceptors (Lipinski definition) is 4. The van der Waals surface area contributed by atoms with Gasteiger partial charge in [-0.05, 0) is 43.3 Å². The lowest BCUT2D eigenvalue weighted by Gasteiger charge is -2.18. The first-order valence-corrected chi connectivity index (χ1v) is 6.37. The minimum Gasteiger partial charge on any atom is -0.423 e. The summed E-state index contributed by atoms with van der Waals surface area (Å²) in [4.78, 5) is 6.90. The van der Waals surface area contributed by atoms with Crippen LogP contribution in [0.2, 0.25) is 0 Å². The molecule has 0 amide bonds. The monoisotopic (exact) mass is 232 g/mol. The van der Waals surface area contributed by atoms with Crippen LogP contribution in [-0.4, -0.2) is 35.2 Å². The van der Waals surface area contributed by atoms with Crippen molar-refractivity contribution in [1.29, 1.82) is 0 Å². The smallest absolute Gasteiger partial charge is 0.423 e. The van der Waals surface area contributed by atoms with Crippen LogP contribution >= 0.6 is 0 Å². The molecule has 1 saturated carbocycles. The molecule has 0 aromatic carbocycles. The highest BCUT2D eigenvalue weighted by molar-refractivity contribution is 6.58. The van der Waals surface area contributed by atoms with Gasteiger partial charge in [-0.2, -0.15) is 0 Å². The summed E-state index contributed by atoms with van der Waals surface area (Å²) in [5, 5.41) is 18.7. The van der Waals surface area contributed by atoms with Crippen LogP contribution in [0.1, 0.15) is 37.3 Å². The van der Waals surface area contributed by atoms with E-state index in [1.807, 2.05) is 12.1 Å². The van der Waals surface area contributed by atoms with Gasteiger partial charge >= 0.3 is 7.12 Å². The molecule has 0 unspecified atom stereocenters. The second kappa shape index (κ2) is 4.31. The lowest BCUT2D eigenvalue weighted by molar-refractivity contribution is 0.425. The van der Waals surface area contributed by atoms with E-state index in [4.69, 9.17) is 0 Å². The summed E-state index contributed by atoms with van der Waals surface area (Å²) in [7, 11) is -1.39. The molecule has 90 valence electrons. The molecule has 1 saturated heterocycles. The number of nitrogens with zero attached hydrogens (tertiary/aromatic N) is 2. The molecule has 0 atom stereocenters. The molecule has 0 spiro atoms. The van der Waals surface area contributed by atoms with Crippen molar-refractivity contribution in [3.05, 3.63) is 17.8 Å². The first-order chi connectivity index (χ1) is 8.24. The van der Waals surface area contributed by atoms with Crippen LogP contribution in [0.15, 0.2) is 12.1 Å². The zero-order valence-corrected chi connectivity index (χ0v) is 9.84. The molecule has 1 aromatic heterocycles. The Morgan fingerprint density at radius 1 is 1.18 bits per heavy atom. The van der Waals surface area contributed by atoms with Crippen LogP contribution in [0.25, 0.3) is 0 Å². The Labute approximate surface area is 101 Å². The van der Waals surface area contributed by atoms with Gasteiger partial charge in [0.05, 0.1) is 0 Å². The largest absolute Gasteiger partial charge is 0.488 e. The Bertz CT molecular complexity index is 395. The first kappa shape index (κ1) is 11.0. The molecule has 5 heteroatoms. The van der Waals surface area contributed by atoms with Crippen LogP contribution in [0, 0.1) is 0 Å². The van der Waals surface area contributed by atoms with E-state index in [-0.39, 0.29) is 0 Å². The third-order valence-corrected chi connectivity index (χ3v) is 3.58. The molecule has 3 rings (SSSR count). The molecule has 2 heterocycles. The van der Waals surface area contributed by atoms with Gasteiger partial charge in [-0.25, -0.2) is 4.98 Å². The van der Waals surface area contributed by atoms with Crippen LogP contribution in [0.3, 0.4) is 0 Å². The van der Waals surface area contributed by atoms with Gasteiger partial charge in [0.25, 0.3) is 0 Å². The average molecular weight is 232 g/mol. The minimum absolute atomic E-state index is 0.537. The summed E-state index contributed by atoms with van der Waals surface area (Å²) in [5.41, 5.74) is 1.60. The van der Waals surface area contributed by atoms with Crippen molar-refractivity contribution in [3.63, 3.8) is 0 Å². The number of pyridine rings is 1. The summed E-state index contributed by atoms with van der Waals surface area (Å²) in [6.07, 6.45) is 4.76. The summed E-state index contributed by atoms with van der Waals surface area (Å²) in [6, 6.07) is 3.64.